The molecule has 2 aliphatic rings. The lowest BCUT2D eigenvalue weighted by Crippen LogP contribution is -2.50. The molecule has 4 heteroatoms. The summed E-state index contributed by atoms with van der Waals surface area (Å²) < 4.78 is 0. The molecule has 2 rings (SSSR count). The SMILES string of the molecule is CC(C(=O)N1CCCC1CN)N1CCCCCC1. The monoisotopic (exact) mass is 253 g/mol. The summed E-state index contributed by atoms with van der Waals surface area (Å²) >= 11 is 0. The van der Waals surface area contributed by atoms with Crippen LogP contribution in [0.1, 0.15) is 45.4 Å². The molecule has 0 aromatic carbocycles. The van der Waals surface area contributed by atoms with Gasteiger partial charge in [0.05, 0.1) is 6.04 Å². The summed E-state index contributed by atoms with van der Waals surface area (Å²) in [5.74, 6) is 0.296. The molecule has 2 saturated heterocycles. The first-order valence-corrected chi connectivity index (χ1v) is 7.48. The first-order valence-electron chi connectivity index (χ1n) is 7.48. The molecule has 0 bridgehead atoms. The molecule has 18 heavy (non-hydrogen) atoms. The fourth-order valence-corrected chi connectivity index (χ4v) is 3.25. The van der Waals surface area contributed by atoms with Crippen LogP contribution in [-0.4, -0.2) is 54.0 Å². The zero-order chi connectivity index (χ0) is 13.0. The number of amides is 1. The van der Waals surface area contributed by atoms with Gasteiger partial charge in [0.25, 0.3) is 0 Å². The molecule has 2 N–H and O–H groups in total. The fourth-order valence-electron chi connectivity index (χ4n) is 3.25. The number of carbonyl (C=O) groups is 1. The average Bonchev–Trinajstić information content (AvgIpc) is 2.70. The van der Waals surface area contributed by atoms with Crippen molar-refractivity contribution < 1.29 is 4.79 Å². The molecule has 0 aliphatic carbocycles. The van der Waals surface area contributed by atoms with Crippen LogP contribution in [0.2, 0.25) is 0 Å². The van der Waals surface area contributed by atoms with Crippen molar-refractivity contribution in [2.45, 2.75) is 57.5 Å². The number of likely N-dealkylation sites (tertiary alicyclic amines) is 2. The Morgan fingerprint density at radius 2 is 1.83 bits per heavy atom. The number of nitrogens with two attached hydrogens (primary N) is 1. The van der Waals surface area contributed by atoms with Gasteiger partial charge in [0.1, 0.15) is 0 Å². The van der Waals surface area contributed by atoms with E-state index < -0.39 is 0 Å². The van der Waals surface area contributed by atoms with Gasteiger partial charge in [-0.15, -0.1) is 0 Å². The molecule has 1 amide bonds. The Kier molecular flexibility index (Phi) is 5.01. The summed E-state index contributed by atoms with van der Waals surface area (Å²) in [6, 6.07) is 0.321. The first kappa shape index (κ1) is 13.8. The zero-order valence-electron chi connectivity index (χ0n) is 11.6. The zero-order valence-corrected chi connectivity index (χ0v) is 11.6. The van der Waals surface area contributed by atoms with Crippen molar-refractivity contribution in [2.24, 2.45) is 5.73 Å². The Balaban J connectivity index is 1.94. The van der Waals surface area contributed by atoms with E-state index in [9.17, 15) is 4.79 Å². The first-order chi connectivity index (χ1) is 8.74. The van der Waals surface area contributed by atoms with Crippen molar-refractivity contribution in [1.82, 2.24) is 9.80 Å². The van der Waals surface area contributed by atoms with Gasteiger partial charge in [-0.1, -0.05) is 12.8 Å². The molecule has 2 heterocycles. The van der Waals surface area contributed by atoms with Crippen molar-refractivity contribution in [3.8, 4) is 0 Å². The van der Waals surface area contributed by atoms with Crippen molar-refractivity contribution >= 4 is 5.91 Å². The van der Waals surface area contributed by atoms with Crippen LogP contribution < -0.4 is 5.73 Å². The maximum atomic E-state index is 12.6. The lowest BCUT2D eigenvalue weighted by atomic mass is 10.2. The molecule has 2 aliphatic heterocycles. The molecule has 0 radical (unpaired) electrons. The topological polar surface area (TPSA) is 49.6 Å². The molecule has 0 saturated carbocycles. The molecular weight excluding hydrogens is 226 g/mol. The van der Waals surface area contributed by atoms with Crippen LogP contribution in [0, 0.1) is 0 Å². The van der Waals surface area contributed by atoms with Gasteiger partial charge in [-0.05, 0) is 45.7 Å². The predicted octanol–water partition coefficient (Wildman–Crippen LogP) is 1.20. The molecule has 2 fully saturated rings. The lowest BCUT2D eigenvalue weighted by Gasteiger charge is -2.32. The Morgan fingerprint density at radius 1 is 1.17 bits per heavy atom. The summed E-state index contributed by atoms with van der Waals surface area (Å²) in [4.78, 5) is 16.9. The maximum Gasteiger partial charge on any atom is 0.239 e. The Bertz CT molecular complexity index is 274. The van der Waals surface area contributed by atoms with Crippen LogP contribution in [0.4, 0.5) is 0 Å². The van der Waals surface area contributed by atoms with Crippen molar-refractivity contribution in [1.29, 1.82) is 0 Å². The third kappa shape index (κ3) is 3.04. The Hall–Kier alpha value is -0.610. The smallest absolute Gasteiger partial charge is 0.239 e. The van der Waals surface area contributed by atoms with Gasteiger partial charge in [-0.2, -0.15) is 0 Å². The highest BCUT2D eigenvalue weighted by atomic mass is 16.2. The van der Waals surface area contributed by atoms with E-state index in [2.05, 4.69) is 11.8 Å². The van der Waals surface area contributed by atoms with Crippen LogP contribution in [0.15, 0.2) is 0 Å². The normalized spacial score (nSPS) is 28.1. The van der Waals surface area contributed by atoms with Crippen LogP contribution >= 0.6 is 0 Å². The van der Waals surface area contributed by atoms with Gasteiger partial charge in [0.15, 0.2) is 0 Å². The Labute approximate surface area is 110 Å². The molecule has 0 aromatic rings. The summed E-state index contributed by atoms with van der Waals surface area (Å²) in [5, 5.41) is 0. The van der Waals surface area contributed by atoms with Crippen molar-refractivity contribution in [2.75, 3.05) is 26.2 Å². The third-order valence-electron chi connectivity index (χ3n) is 4.48. The highest BCUT2D eigenvalue weighted by Gasteiger charge is 2.32. The minimum atomic E-state index is 0.0373. The standard InChI is InChI=1S/C14H27N3O/c1-12(16-8-4-2-3-5-9-16)14(18)17-10-6-7-13(17)11-15/h12-13H,2-11,15H2,1H3. The maximum absolute atomic E-state index is 12.6. The van der Waals surface area contributed by atoms with E-state index in [0.717, 1.165) is 32.5 Å². The number of carbonyl (C=O) groups excluding carboxylic acids is 1. The molecule has 2 unspecified atom stereocenters. The van der Waals surface area contributed by atoms with Crippen LogP contribution in [0.25, 0.3) is 0 Å². The second-order valence-corrected chi connectivity index (χ2v) is 5.69. The third-order valence-corrected chi connectivity index (χ3v) is 4.48. The number of rotatable bonds is 3. The highest BCUT2D eigenvalue weighted by Crippen LogP contribution is 2.20. The van der Waals surface area contributed by atoms with Crippen LogP contribution in [-0.2, 0) is 4.79 Å². The summed E-state index contributed by atoms with van der Waals surface area (Å²) in [7, 11) is 0. The van der Waals surface area contributed by atoms with Gasteiger partial charge in [0.2, 0.25) is 5.91 Å². The summed E-state index contributed by atoms with van der Waals surface area (Å²) in [5.41, 5.74) is 5.76. The van der Waals surface area contributed by atoms with Gasteiger partial charge in [-0.3, -0.25) is 9.69 Å². The minimum Gasteiger partial charge on any atom is -0.337 e. The molecule has 2 atom stereocenters. The number of nitrogens with zero attached hydrogens (tertiary/aromatic N) is 2. The van der Waals surface area contributed by atoms with Crippen molar-refractivity contribution in [3.05, 3.63) is 0 Å². The van der Waals surface area contributed by atoms with E-state index in [4.69, 9.17) is 5.73 Å². The van der Waals surface area contributed by atoms with E-state index in [-0.39, 0.29) is 12.1 Å². The van der Waals surface area contributed by atoms with Crippen LogP contribution in [0.3, 0.4) is 0 Å². The van der Waals surface area contributed by atoms with E-state index in [1.165, 1.54) is 25.7 Å². The predicted molar refractivity (Wildman–Crippen MR) is 73.3 cm³/mol. The molecule has 0 aromatic heterocycles. The molecular formula is C14H27N3O. The van der Waals surface area contributed by atoms with Gasteiger partial charge < -0.3 is 10.6 Å². The highest BCUT2D eigenvalue weighted by molar-refractivity contribution is 5.82. The van der Waals surface area contributed by atoms with E-state index in [1.54, 1.807) is 0 Å². The van der Waals surface area contributed by atoms with Crippen molar-refractivity contribution in [3.63, 3.8) is 0 Å². The van der Waals surface area contributed by atoms with E-state index in [0.29, 0.717) is 12.5 Å². The van der Waals surface area contributed by atoms with E-state index >= 15 is 0 Å². The summed E-state index contributed by atoms with van der Waals surface area (Å²) in [6.45, 7) is 5.74. The van der Waals surface area contributed by atoms with Gasteiger partial charge >= 0.3 is 0 Å². The summed E-state index contributed by atoms with van der Waals surface area (Å²) in [6.07, 6.45) is 7.28. The molecule has 104 valence electrons. The minimum absolute atomic E-state index is 0.0373. The lowest BCUT2D eigenvalue weighted by molar-refractivity contribution is -0.137. The van der Waals surface area contributed by atoms with E-state index in [1.807, 2.05) is 4.90 Å². The largest absolute Gasteiger partial charge is 0.337 e. The average molecular weight is 253 g/mol. The van der Waals surface area contributed by atoms with Crippen LogP contribution in [0.5, 0.6) is 0 Å². The second kappa shape index (κ2) is 6.53. The quantitative estimate of drug-likeness (QED) is 0.822. The number of hydrogen-bond acceptors (Lipinski definition) is 3. The molecule has 4 nitrogen and oxygen atoms in total. The number of hydrogen-bond donors (Lipinski definition) is 1. The fraction of sp³-hybridized carbons (Fsp3) is 0.929. The molecule has 0 spiro atoms. The van der Waals surface area contributed by atoms with Gasteiger partial charge in [0, 0.05) is 19.1 Å². The second-order valence-electron chi connectivity index (χ2n) is 5.69. The van der Waals surface area contributed by atoms with Gasteiger partial charge in [-0.25, -0.2) is 0 Å². The Morgan fingerprint density at radius 3 is 2.44 bits per heavy atom.